The van der Waals surface area contributed by atoms with Crippen molar-refractivity contribution in [2.24, 2.45) is 16.7 Å². The summed E-state index contributed by atoms with van der Waals surface area (Å²) in [5, 5.41) is 12.7. The smallest absolute Gasteiger partial charge is 0.0445 e. The van der Waals surface area contributed by atoms with E-state index in [1.807, 2.05) is 0 Å². The summed E-state index contributed by atoms with van der Waals surface area (Å²) in [5.74, 6) is 0.899. The molecule has 2 heteroatoms. The maximum atomic E-state index is 8.97. The Kier molecular flexibility index (Phi) is 3.09. The highest BCUT2D eigenvalue weighted by molar-refractivity contribution is 5.13. The summed E-state index contributed by atoms with van der Waals surface area (Å²) in [6.07, 6.45) is 4.99. The SMILES string of the molecule is C[C@H](CCO)NC1C[C@@H]2CC[C@@]1(C)C2(C)C. The summed E-state index contributed by atoms with van der Waals surface area (Å²) in [5.41, 5.74) is 0.949. The van der Waals surface area contributed by atoms with Crippen LogP contribution in [0.2, 0.25) is 0 Å². The molecule has 2 saturated carbocycles. The molecule has 2 fully saturated rings. The highest BCUT2D eigenvalue weighted by Crippen LogP contribution is 2.65. The Morgan fingerprint density at radius 2 is 2.06 bits per heavy atom. The van der Waals surface area contributed by atoms with Gasteiger partial charge >= 0.3 is 0 Å². The molecule has 2 rings (SSSR count). The molecule has 0 aromatic heterocycles. The Bertz CT molecular complexity index is 263. The first-order valence-electron chi connectivity index (χ1n) is 6.78. The summed E-state index contributed by atoms with van der Waals surface area (Å²) in [6, 6.07) is 1.10. The second kappa shape index (κ2) is 3.99. The lowest BCUT2D eigenvalue weighted by molar-refractivity contribution is 0.113. The van der Waals surface area contributed by atoms with E-state index in [1.54, 1.807) is 0 Å². The van der Waals surface area contributed by atoms with Crippen LogP contribution in [0.15, 0.2) is 0 Å². The molecular formula is C14H27NO. The van der Waals surface area contributed by atoms with Gasteiger partial charge in [-0.1, -0.05) is 20.8 Å². The highest BCUT2D eigenvalue weighted by atomic mass is 16.3. The summed E-state index contributed by atoms with van der Waals surface area (Å²) in [7, 11) is 0. The molecule has 2 N–H and O–H groups in total. The Hall–Kier alpha value is -0.0800. The number of aliphatic hydroxyl groups is 1. The number of aliphatic hydroxyl groups excluding tert-OH is 1. The van der Waals surface area contributed by atoms with Crippen molar-refractivity contribution in [3.8, 4) is 0 Å². The Morgan fingerprint density at radius 1 is 1.38 bits per heavy atom. The molecule has 1 unspecified atom stereocenters. The van der Waals surface area contributed by atoms with Gasteiger partial charge in [0.05, 0.1) is 0 Å². The van der Waals surface area contributed by atoms with Crippen LogP contribution in [0, 0.1) is 16.7 Å². The first-order chi connectivity index (χ1) is 7.41. The fraction of sp³-hybridized carbons (Fsp3) is 1.00. The van der Waals surface area contributed by atoms with Gasteiger partial charge in [0.2, 0.25) is 0 Å². The number of hydrogen-bond donors (Lipinski definition) is 2. The molecule has 0 saturated heterocycles. The minimum atomic E-state index is 0.296. The third-order valence-electron chi connectivity index (χ3n) is 5.84. The lowest BCUT2D eigenvalue weighted by Crippen LogP contribution is -2.47. The number of hydrogen-bond acceptors (Lipinski definition) is 2. The van der Waals surface area contributed by atoms with E-state index in [1.165, 1.54) is 19.3 Å². The second-order valence-corrected chi connectivity index (χ2v) is 6.74. The van der Waals surface area contributed by atoms with Crippen LogP contribution in [-0.2, 0) is 0 Å². The largest absolute Gasteiger partial charge is 0.396 e. The first kappa shape index (κ1) is 12.4. The molecule has 4 atom stereocenters. The van der Waals surface area contributed by atoms with Crippen LogP contribution in [0.5, 0.6) is 0 Å². The van der Waals surface area contributed by atoms with Gasteiger partial charge in [-0.15, -0.1) is 0 Å². The zero-order valence-corrected chi connectivity index (χ0v) is 11.2. The van der Waals surface area contributed by atoms with Gasteiger partial charge in [0.15, 0.2) is 0 Å². The van der Waals surface area contributed by atoms with E-state index in [4.69, 9.17) is 5.11 Å². The fourth-order valence-corrected chi connectivity index (χ4v) is 4.08. The predicted molar refractivity (Wildman–Crippen MR) is 67.3 cm³/mol. The normalized spacial score (nSPS) is 42.6. The van der Waals surface area contributed by atoms with E-state index in [-0.39, 0.29) is 0 Å². The summed E-state index contributed by atoms with van der Waals surface area (Å²) in [6.45, 7) is 9.85. The van der Waals surface area contributed by atoms with Gasteiger partial charge in [-0.3, -0.25) is 0 Å². The van der Waals surface area contributed by atoms with Crippen LogP contribution in [0.4, 0.5) is 0 Å². The van der Waals surface area contributed by atoms with Gasteiger partial charge in [-0.05, 0) is 49.4 Å². The topological polar surface area (TPSA) is 32.3 Å². The van der Waals surface area contributed by atoms with Crippen molar-refractivity contribution in [3.05, 3.63) is 0 Å². The van der Waals surface area contributed by atoms with E-state index in [0.29, 0.717) is 29.5 Å². The van der Waals surface area contributed by atoms with Crippen molar-refractivity contribution in [1.82, 2.24) is 5.32 Å². The Labute approximate surface area is 99.8 Å². The van der Waals surface area contributed by atoms with E-state index in [0.717, 1.165) is 12.3 Å². The fourth-order valence-electron chi connectivity index (χ4n) is 4.08. The van der Waals surface area contributed by atoms with Crippen LogP contribution in [0.3, 0.4) is 0 Å². The summed E-state index contributed by atoms with van der Waals surface area (Å²) < 4.78 is 0. The Balaban J connectivity index is 2.04. The molecule has 0 aromatic carbocycles. The second-order valence-electron chi connectivity index (χ2n) is 6.74. The maximum absolute atomic E-state index is 8.97. The molecule has 0 amide bonds. The van der Waals surface area contributed by atoms with Crippen molar-refractivity contribution in [1.29, 1.82) is 0 Å². The molecular weight excluding hydrogens is 198 g/mol. The van der Waals surface area contributed by atoms with Crippen LogP contribution in [0.25, 0.3) is 0 Å². The summed E-state index contributed by atoms with van der Waals surface area (Å²) >= 11 is 0. The monoisotopic (exact) mass is 225 g/mol. The highest BCUT2D eigenvalue weighted by Gasteiger charge is 2.61. The zero-order valence-electron chi connectivity index (χ0n) is 11.2. The molecule has 2 bridgehead atoms. The lowest BCUT2D eigenvalue weighted by Gasteiger charge is -2.40. The van der Waals surface area contributed by atoms with E-state index >= 15 is 0 Å². The zero-order chi connectivity index (χ0) is 12.0. The van der Waals surface area contributed by atoms with E-state index in [9.17, 15) is 0 Å². The van der Waals surface area contributed by atoms with Crippen molar-refractivity contribution in [2.45, 2.75) is 65.5 Å². The van der Waals surface area contributed by atoms with Gasteiger partial charge in [-0.25, -0.2) is 0 Å². The van der Waals surface area contributed by atoms with Crippen molar-refractivity contribution >= 4 is 0 Å². The molecule has 0 radical (unpaired) electrons. The lowest BCUT2D eigenvalue weighted by atomic mass is 9.69. The van der Waals surface area contributed by atoms with Crippen LogP contribution in [-0.4, -0.2) is 23.8 Å². The summed E-state index contributed by atoms with van der Waals surface area (Å²) in [4.78, 5) is 0. The van der Waals surface area contributed by atoms with Crippen LogP contribution < -0.4 is 5.32 Å². The molecule has 0 aliphatic heterocycles. The number of rotatable bonds is 4. The van der Waals surface area contributed by atoms with Gasteiger partial charge < -0.3 is 10.4 Å². The van der Waals surface area contributed by atoms with E-state index in [2.05, 4.69) is 33.0 Å². The van der Waals surface area contributed by atoms with Crippen molar-refractivity contribution in [3.63, 3.8) is 0 Å². The standard InChI is InChI=1S/C14H27NO/c1-10(6-8-16)15-12-9-11-5-7-14(12,4)13(11,2)3/h10-12,15-16H,5-9H2,1-4H3/t10-,11+,12?,14-/m1/s1. The molecule has 2 aliphatic rings. The first-order valence-corrected chi connectivity index (χ1v) is 6.78. The molecule has 0 aromatic rings. The van der Waals surface area contributed by atoms with Crippen LogP contribution >= 0.6 is 0 Å². The van der Waals surface area contributed by atoms with Crippen molar-refractivity contribution in [2.75, 3.05) is 6.61 Å². The van der Waals surface area contributed by atoms with Crippen LogP contribution in [0.1, 0.15) is 53.4 Å². The number of fused-ring (bicyclic) bond motifs is 2. The van der Waals surface area contributed by atoms with Gasteiger partial charge in [0.25, 0.3) is 0 Å². The van der Waals surface area contributed by atoms with Crippen molar-refractivity contribution < 1.29 is 5.11 Å². The molecule has 94 valence electrons. The molecule has 0 spiro atoms. The average molecular weight is 225 g/mol. The molecule has 0 heterocycles. The van der Waals surface area contributed by atoms with Gasteiger partial charge in [0, 0.05) is 18.7 Å². The molecule has 2 aliphatic carbocycles. The average Bonchev–Trinajstić information content (AvgIpc) is 2.51. The van der Waals surface area contributed by atoms with E-state index < -0.39 is 0 Å². The quantitative estimate of drug-likeness (QED) is 0.770. The maximum Gasteiger partial charge on any atom is 0.0445 e. The number of nitrogens with one attached hydrogen (secondary N) is 1. The Morgan fingerprint density at radius 3 is 2.50 bits per heavy atom. The third-order valence-corrected chi connectivity index (χ3v) is 5.84. The van der Waals surface area contributed by atoms with Gasteiger partial charge in [-0.2, -0.15) is 0 Å². The molecule has 16 heavy (non-hydrogen) atoms. The minimum absolute atomic E-state index is 0.296. The molecule has 2 nitrogen and oxygen atoms in total. The van der Waals surface area contributed by atoms with Gasteiger partial charge in [0.1, 0.15) is 0 Å². The minimum Gasteiger partial charge on any atom is -0.396 e. The predicted octanol–water partition coefficient (Wildman–Crippen LogP) is 2.56. The third kappa shape index (κ3) is 1.62.